The van der Waals surface area contributed by atoms with Gasteiger partial charge >= 0.3 is 12.3 Å². The summed E-state index contributed by atoms with van der Waals surface area (Å²) in [4.78, 5) is 12.2. The van der Waals surface area contributed by atoms with Crippen molar-refractivity contribution in [3.8, 4) is 0 Å². The van der Waals surface area contributed by atoms with Gasteiger partial charge in [0.25, 0.3) is 0 Å². The van der Waals surface area contributed by atoms with E-state index in [1.807, 2.05) is 0 Å². The van der Waals surface area contributed by atoms with Crippen molar-refractivity contribution >= 4 is 21.8 Å². The predicted octanol–water partition coefficient (Wildman–Crippen LogP) is 2.91. The minimum atomic E-state index is -4.55. The summed E-state index contributed by atoms with van der Waals surface area (Å²) >= 11 is 0. The lowest BCUT2D eigenvalue weighted by Gasteiger charge is -2.18. The molecule has 178 valence electrons. The zero-order valence-electron chi connectivity index (χ0n) is 17.1. The zero-order chi connectivity index (χ0) is 23.6. The van der Waals surface area contributed by atoms with Crippen LogP contribution in [0.4, 0.5) is 23.7 Å². The summed E-state index contributed by atoms with van der Waals surface area (Å²) in [6, 6.07) is 12.2. The van der Waals surface area contributed by atoms with Crippen LogP contribution in [0.25, 0.3) is 0 Å². The predicted molar refractivity (Wildman–Crippen MR) is 111 cm³/mol. The molecule has 0 aromatic heterocycles. The number of alkyl halides is 3. The van der Waals surface area contributed by atoms with Gasteiger partial charge in [-0.1, -0.05) is 36.4 Å². The molecule has 4 rings (SSSR count). The smallest absolute Gasteiger partial charge is 0.416 e. The molecule has 4 atom stereocenters. The molecule has 0 spiro atoms. The minimum Gasteiger partial charge on any atom is -0.441 e. The van der Waals surface area contributed by atoms with Gasteiger partial charge in [0.1, 0.15) is 12.2 Å². The van der Waals surface area contributed by atoms with Crippen LogP contribution in [0.2, 0.25) is 0 Å². The summed E-state index contributed by atoms with van der Waals surface area (Å²) < 4.78 is 82.6. The first kappa shape index (κ1) is 23.5. The highest BCUT2D eigenvalue weighted by atomic mass is 32.2. The molecule has 8 nitrogen and oxygen atoms in total. The lowest BCUT2D eigenvalue weighted by Crippen LogP contribution is -2.44. The van der Waals surface area contributed by atoms with E-state index < -0.39 is 52.2 Å². The molecule has 2 saturated heterocycles. The first-order chi connectivity index (χ1) is 15.6. The largest absolute Gasteiger partial charge is 0.441 e. The third-order valence-corrected chi connectivity index (χ3v) is 6.61. The summed E-state index contributed by atoms with van der Waals surface area (Å²) in [5.41, 5.74) is -0.362. The molecule has 2 aromatic rings. The molecule has 2 aliphatic heterocycles. The summed E-state index contributed by atoms with van der Waals surface area (Å²) in [5, 5.41) is 2.25. The van der Waals surface area contributed by atoms with Crippen LogP contribution in [-0.4, -0.2) is 52.1 Å². The average Bonchev–Trinajstić information content (AvgIpc) is 3.31. The maximum atomic E-state index is 12.8. The molecule has 4 unspecified atom stereocenters. The first-order valence-electron chi connectivity index (χ1n) is 10.0. The Labute approximate surface area is 188 Å². The molecular formula is C21H21F3N2O6S. The molecule has 2 N–H and O–H groups in total. The number of fused-ring (bicyclic) bond motifs is 1. The molecule has 0 saturated carbocycles. The SMILES string of the molecule is O=C(Nc1cccc(C(F)(F)F)c1)OC1COC2C(NS(=O)(=O)Cc3ccccc3)COC12. The van der Waals surface area contributed by atoms with Crippen LogP contribution < -0.4 is 10.0 Å². The Morgan fingerprint density at radius 1 is 1.03 bits per heavy atom. The fourth-order valence-corrected chi connectivity index (χ4v) is 5.17. The number of ether oxygens (including phenoxy) is 3. The zero-order valence-corrected chi connectivity index (χ0v) is 17.9. The Balaban J connectivity index is 1.32. The Morgan fingerprint density at radius 3 is 2.48 bits per heavy atom. The number of rotatable bonds is 6. The van der Waals surface area contributed by atoms with E-state index in [0.29, 0.717) is 5.56 Å². The second kappa shape index (κ2) is 9.29. The molecule has 1 amide bonds. The van der Waals surface area contributed by atoms with Gasteiger partial charge in [-0.3, -0.25) is 5.32 Å². The number of benzene rings is 2. The van der Waals surface area contributed by atoms with Crippen LogP contribution in [0.15, 0.2) is 54.6 Å². The third kappa shape index (κ3) is 5.82. The van der Waals surface area contributed by atoms with Gasteiger partial charge in [-0.15, -0.1) is 0 Å². The van der Waals surface area contributed by atoms with Crippen molar-refractivity contribution in [2.24, 2.45) is 0 Å². The highest BCUT2D eigenvalue weighted by Crippen LogP contribution is 2.32. The van der Waals surface area contributed by atoms with Crippen molar-refractivity contribution in [2.75, 3.05) is 18.5 Å². The number of hydrogen-bond acceptors (Lipinski definition) is 6. The van der Waals surface area contributed by atoms with Crippen molar-refractivity contribution in [3.63, 3.8) is 0 Å². The number of nitrogens with one attached hydrogen (secondary N) is 2. The van der Waals surface area contributed by atoms with Gasteiger partial charge in [0.05, 0.1) is 30.6 Å². The fourth-order valence-electron chi connectivity index (χ4n) is 3.79. The van der Waals surface area contributed by atoms with E-state index in [0.717, 1.165) is 12.1 Å². The Kier molecular flexibility index (Phi) is 6.61. The van der Waals surface area contributed by atoms with Crippen molar-refractivity contribution in [1.29, 1.82) is 0 Å². The van der Waals surface area contributed by atoms with E-state index in [-0.39, 0.29) is 24.7 Å². The van der Waals surface area contributed by atoms with Crippen molar-refractivity contribution in [3.05, 3.63) is 65.7 Å². The van der Waals surface area contributed by atoms with Crippen LogP contribution >= 0.6 is 0 Å². The second-order valence-corrected chi connectivity index (χ2v) is 9.47. The molecule has 2 aliphatic rings. The summed E-state index contributed by atoms with van der Waals surface area (Å²) in [7, 11) is -3.68. The van der Waals surface area contributed by atoms with E-state index in [9.17, 15) is 26.4 Å². The maximum Gasteiger partial charge on any atom is 0.416 e. The van der Waals surface area contributed by atoms with Crippen LogP contribution in [0.3, 0.4) is 0 Å². The highest BCUT2D eigenvalue weighted by molar-refractivity contribution is 7.88. The minimum absolute atomic E-state index is 0.0262. The van der Waals surface area contributed by atoms with E-state index >= 15 is 0 Å². The normalized spacial score (nSPS) is 24.9. The third-order valence-electron chi connectivity index (χ3n) is 5.23. The molecule has 33 heavy (non-hydrogen) atoms. The van der Waals surface area contributed by atoms with Gasteiger partial charge in [-0.25, -0.2) is 17.9 Å². The molecular weight excluding hydrogens is 465 g/mol. The lowest BCUT2D eigenvalue weighted by molar-refractivity contribution is -0.137. The van der Waals surface area contributed by atoms with Crippen LogP contribution in [0.5, 0.6) is 0 Å². The second-order valence-electron chi connectivity index (χ2n) is 7.71. The number of carbonyl (C=O) groups is 1. The number of hydrogen-bond donors (Lipinski definition) is 2. The summed E-state index contributed by atoms with van der Waals surface area (Å²) in [6.07, 6.45) is -7.73. The number of carbonyl (C=O) groups excluding carboxylic acids is 1. The molecule has 0 radical (unpaired) electrons. The van der Waals surface area contributed by atoms with Gasteiger partial charge in [-0.05, 0) is 23.8 Å². The molecule has 2 aromatic carbocycles. The van der Waals surface area contributed by atoms with Gasteiger partial charge in [0.15, 0.2) is 6.10 Å². The van der Waals surface area contributed by atoms with Gasteiger partial charge < -0.3 is 14.2 Å². The van der Waals surface area contributed by atoms with Gasteiger partial charge in [0.2, 0.25) is 10.0 Å². The monoisotopic (exact) mass is 486 g/mol. The number of halogens is 3. The molecule has 2 heterocycles. The van der Waals surface area contributed by atoms with Crippen molar-refractivity contribution in [1.82, 2.24) is 4.72 Å². The van der Waals surface area contributed by atoms with Crippen LogP contribution in [-0.2, 0) is 36.2 Å². The fraction of sp³-hybridized carbons (Fsp3) is 0.381. The number of amides is 1. The lowest BCUT2D eigenvalue weighted by atomic mass is 10.1. The van der Waals surface area contributed by atoms with Crippen molar-refractivity contribution < 1.29 is 40.6 Å². The number of sulfonamides is 1. The summed E-state index contributed by atoms with van der Waals surface area (Å²) in [5.74, 6) is -0.207. The Bertz CT molecular complexity index is 1100. The highest BCUT2D eigenvalue weighted by Gasteiger charge is 2.50. The first-order valence-corrected chi connectivity index (χ1v) is 11.7. The van der Waals surface area contributed by atoms with E-state index in [2.05, 4.69) is 10.0 Å². The molecule has 12 heteroatoms. The van der Waals surface area contributed by atoms with Crippen molar-refractivity contribution in [2.45, 2.75) is 36.3 Å². The summed E-state index contributed by atoms with van der Waals surface area (Å²) in [6.45, 7) is -0.0132. The molecule has 0 aliphatic carbocycles. The maximum absolute atomic E-state index is 12.8. The van der Waals surface area contributed by atoms with Gasteiger partial charge in [-0.2, -0.15) is 13.2 Å². The van der Waals surface area contributed by atoms with Crippen LogP contribution in [0, 0.1) is 0 Å². The standard InChI is InChI=1S/C21H21F3N2O6S/c22-21(23,24)14-7-4-8-15(9-14)25-20(27)32-17-11-31-18-16(10-30-19(17)18)26-33(28,29)12-13-5-2-1-3-6-13/h1-9,16-19,26H,10-12H2,(H,25,27). The Morgan fingerprint density at radius 2 is 1.76 bits per heavy atom. The quantitative estimate of drug-likeness (QED) is 0.651. The number of anilines is 1. The topological polar surface area (TPSA) is 103 Å². The van der Waals surface area contributed by atoms with Gasteiger partial charge in [0, 0.05) is 5.69 Å². The Hall–Kier alpha value is -2.67. The van der Waals surface area contributed by atoms with Crippen LogP contribution in [0.1, 0.15) is 11.1 Å². The molecule has 2 fully saturated rings. The average molecular weight is 486 g/mol. The van der Waals surface area contributed by atoms with E-state index in [4.69, 9.17) is 14.2 Å². The molecule has 0 bridgehead atoms. The van der Waals surface area contributed by atoms with E-state index in [1.165, 1.54) is 12.1 Å². The van der Waals surface area contributed by atoms with E-state index in [1.54, 1.807) is 30.3 Å².